The Morgan fingerprint density at radius 3 is 2.38 bits per heavy atom. The average Bonchev–Trinajstić information content (AvgIpc) is 1.77. The van der Waals surface area contributed by atoms with Crippen molar-refractivity contribution in [2.24, 2.45) is 0 Å². The van der Waals surface area contributed by atoms with Gasteiger partial charge < -0.3 is 5.41 Å². The van der Waals surface area contributed by atoms with E-state index in [4.69, 9.17) is 5.41 Å². The lowest BCUT2D eigenvalue weighted by Crippen LogP contribution is -2.00. The molecular formula is C7H9N. The minimum Gasteiger partial charge on any atom is -0.305 e. The SMILES string of the molecule is C=C1CC=CCC1=N. The molecule has 1 heteroatoms. The molecular weight excluding hydrogens is 98.1 g/mol. The predicted molar refractivity (Wildman–Crippen MR) is 35.2 cm³/mol. The van der Waals surface area contributed by atoms with E-state index in [1.54, 1.807) is 0 Å². The number of rotatable bonds is 0. The predicted octanol–water partition coefficient (Wildman–Crippen LogP) is 1.91. The molecule has 1 rings (SSSR count). The van der Waals surface area contributed by atoms with Crippen molar-refractivity contribution < 1.29 is 0 Å². The van der Waals surface area contributed by atoms with Gasteiger partial charge in [0.15, 0.2) is 0 Å². The van der Waals surface area contributed by atoms with E-state index in [0.29, 0.717) is 5.71 Å². The summed E-state index contributed by atoms with van der Waals surface area (Å²) in [6, 6.07) is 0. The molecule has 0 heterocycles. The van der Waals surface area contributed by atoms with E-state index in [2.05, 4.69) is 12.7 Å². The topological polar surface area (TPSA) is 23.9 Å². The first kappa shape index (κ1) is 5.29. The van der Waals surface area contributed by atoms with Crippen molar-refractivity contribution in [2.75, 3.05) is 0 Å². The van der Waals surface area contributed by atoms with Crippen molar-refractivity contribution in [3.05, 3.63) is 24.3 Å². The Kier molecular flexibility index (Phi) is 1.29. The molecule has 0 fully saturated rings. The van der Waals surface area contributed by atoms with Gasteiger partial charge in [-0.25, -0.2) is 0 Å². The monoisotopic (exact) mass is 107 g/mol. The fraction of sp³-hybridized carbons (Fsp3) is 0.286. The summed E-state index contributed by atoms with van der Waals surface area (Å²) in [5, 5.41) is 7.24. The Bertz CT molecular complexity index is 136. The van der Waals surface area contributed by atoms with Crippen molar-refractivity contribution >= 4 is 5.71 Å². The van der Waals surface area contributed by atoms with E-state index < -0.39 is 0 Å². The van der Waals surface area contributed by atoms with Crippen LogP contribution in [0.25, 0.3) is 0 Å². The minimum atomic E-state index is 0.688. The van der Waals surface area contributed by atoms with Crippen LogP contribution in [0.2, 0.25) is 0 Å². The molecule has 0 atom stereocenters. The Labute approximate surface area is 49.2 Å². The smallest absolute Gasteiger partial charge is 0.0380 e. The van der Waals surface area contributed by atoms with Gasteiger partial charge in [0, 0.05) is 12.1 Å². The lowest BCUT2D eigenvalue weighted by molar-refractivity contribution is 1.19. The van der Waals surface area contributed by atoms with Gasteiger partial charge in [0.1, 0.15) is 0 Å². The minimum absolute atomic E-state index is 0.688. The van der Waals surface area contributed by atoms with E-state index >= 15 is 0 Å². The molecule has 0 spiro atoms. The second kappa shape index (κ2) is 1.95. The molecule has 8 heavy (non-hydrogen) atoms. The van der Waals surface area contributed by atoms with Crippen molar-refractivity contribution in [1.29, 1.82) is 5.41 Å². The summed E-state index contributed by atoms with van der Waals surface area (Å²) < 4.78 is 0. The Morgan fingerprint density at radius 2 is 2.00 bits per heavy atom. The highest BCUT2D eigenvalue weighted by molar-refractivity contribution is 5.99. The van der Waals surface area contributed by atoms with Crippen LogP contribution in [0.1, 0.15) is 12.8 Å². The molecule has 1 nitrogen and oxygen atoms in total. The summed E-state index contributed by atoms with van der Waals surface area (Å²) >= 11 is 0. The van der Waals surface area contributed by atoms with Crippen LogP contribution in [0.5, 0.6) is 0 Å². The van der Waals surface area contributed by atoms with E-state index in [1.807, 2.05) is 6.08 Å². The quantitative estimate of drug-likeness (QED) is 0.457. The van der Waals surface area contributed by atoms with Gasteiger partial charge in [-0.2, -0.15) is 0 Å². The van der Waals surface area contributed by atoms with Crippen LogP contribution < -0.4 is 0 Å². The van der Waals surface area contributed by atoms with Gasteiger partial charge in [0.05, 0.1) is 0 Å². The molecule has 1 N–H and O–H groups in total. The number of hydrogen-bond donors (Lipinski definition) is 1. The van der Waals surface area contributed by atoms with Gasteiger partial charge in [-0.3, -0.25) is 0 Å². The molecule has 0 unspecified atom stereocenters. The maximum absolute atomic E-state index is 7.24. The molecule has 42 valence electrons. The van der Waals surface area contributed by atoms with Crippen LogP contribution in [0.3, 0.4) is 0 Å². The lowest BCUT2D eigenvalue weighted by atomic mass is 10.0. The van der Waals surface area contributed by atoms with Crippen LogP contribution >= 0.6 is 0 Å². The first-order valence-electron chi connectivity index (χ1n) is 2.71. The highest BCUT2D eigenvalue weighted by atomic mass is 14.4. The van der Waals surface area contributed by atoms with Crippen molar-refractivity contribution in [3.8, 4) is 0 Å². The van der Waals surface area contributed by atoms with Gasteiger partial charge in [-0.15, -0.1) is 0 Å². The standard InChI is InChI=1S/C7H9N/c1-6-4-2-3-5-7(6)8/h2-3,8H,1,4-5H2. The van der Waals surface area contributed by atoms with Crippen LogP contribution in [-0.4, -0.2) is 5.71 Å². The van der Waals surface area contributed by atoms with Crippen LogP contribution in [-0.2, 0) is 0 Å². The molecule has 0 aromatic carbocycles. The molecule has 0 amide bonds. The number of nitrogens with one attached hydrogen (secondary N) is 1. The number of hydrogen-bond acceptors (Lipinski definition) is 1. The fourth-order valence-corrected chi connectivity index (χ4v) is 0.694. The molecule has 0 aromatic rings. The largest absolute Gasteiger partial charge is 0.305 e. The number of allylic oxidation sites excluding steroid dienone is 3. The Hall–Kier alpha value is -0.850. The molecule has 0 saturated heterocycles. The Morgan fingerprint density at radius 1 is 1.38 bits per heavy atom. The molecule has 0 aromatic heterocycles. The van der Waals surface area contributed by atoms with E-state index in [-0.39, 0.29) is 0 Å². The van der Waals surface area contributed by atoms with E-state index in [1.165, 1.54) is 0 Å². The third-order valence-electron chi connectivity index (χ3n) is 1.28. The zero-order valence-corrected chi connectivity index (χ0v) is 4.78. The van der Waals surface area contributed by atoms with E-state index in [9.17, 15) is 0 Å². The van der Waals surface area contributed by atoms with Crippen LogP contribution in [0.4, 0.5) is 0 Å². The zero-order chi connectivity index (χ0) is 5.98. The second-order valence-electron chi connectivity index (χ2n) is 1.96. The maximum atomic E-state index is 7.24. The first-order valence-corrected chi connectivity index (χ1v) is 2.71. The van der Waals surface area contributed by atoms with Crippen molar-refractivity contribution in [2.45, 2.75) is 12.8 Å². The first-order chi connectivity index (χ1) is 3.80. The van der Waals surface area contributed by atoms with Gasteiger partial charge in [-0.1, -0.05) is 18.7 Å². The van der Waals surface area contributed by atoms with Crippen molar-refractivity contribution in [1.82, 2.24) is 0 Å². The summed E-state index contributed by atoms with van der Waals surface area (Å²) in [4.78, 5) is 0. The molecule has 0 bridgehead atoms. The van der Waals surface area contributed by atoms with E-state index in [0.717, 1.165) is 18.4 Å². The van der Waals surface area contributed by atoms with Crippen molar-refractivity contribution in [3.63, 3.8) is 0 Å². The van der Waals surface area contributed by atoms with Crippen LogP contribution in [0.15, 0.2) is 24.3 Å². The third-order valence-corrected chi connectivity index (χ3v) is 1.28. The summed E-state index contributed by atoms with van der Waals surface area (Å²) in [6.07, 6.45) is 5.72. The lowest BCUT2D eigenvalue weighted by Gasteiger charge is -2.06. The highest BCUT2D eigenvalue weighted by Gasteiger charge is 2.01. The summed E-state index contributed by atoms with van der Waals surface area (Å²) in [5.41, 5.74) is 1.65. The second-order valence-corrected chi connectivity index (χ2v) is 1.96. The van der Waals surface area contributed by atoms with Gasteiger partial charge in [-0.05, 0) is 12.0 Å². The summed E-state index contributed by atoms with van der Waals surface area (Å²) in [7, 11) is 0. The summed E-state index contributed by atoms with van der Waals surface area (Å²) in [6.45, 7) is 3.72. The van der Waals surface area contributed by atoms with Gasteiger partial charge in [0.2, 0.25) is 0 Å². The molecule has 0 saturated carbocycles. The van der Waals surface area contributed by atoms with Gasteiger partial charge >= 0.3 is 0 Å². The normalized spacial score (nSPS) is 19.5. The molecule has 0 radical (unpaired) electrons. The maximum Gasteiger partial charge on any atom is 0.0380 e. The molecule has 1 aliphatic carbocycles. The average molecular weight is 107 g/mol. The summed E-state index contributed by atoms with van der Waals surface area (Å²) in [5.74, 6) is 0. The Balaban J connectivity index is 2.71. The van der Waals surface area contributed by atoms with Gasteiger partial charge in [0.25, 0.3) is 0 Å². The zero-order valence-electron chi connectivity index (χ0n) is 4.78. The third kappa shape index (κ3) is 0.861. The highest BCUT2D eigenvalue weighted by Crippen LogP contribution is 2.10. The fourth-order valence-electron chi connectivity index (χ4n) is 0.694. The molecule has 0 aliphatic heterocycles. The van der Waals surface area contributed by atoms with Crippen LogP contribution in [0, 0.1) is 5.41 Å². The molecule has 1 aliphatic rings.